The highest BCUT2D eigenvalue weighted by molar-refractivity contribution is 5.95. The SMILES string of the molecule is O=C1CCCCC1C1CCCCCN1C(=O)c1ccncc1F. The summed E-state index contributed by atoms with van der Waals surface area (Å²) in [5.41, 5.74) is 0.0650. The molecule has 0 radical (unpaired) electrons. The Balaban J connectivity index is 1.88. The Morgan fingerprint density at radius 3 is 2.78 bits per heavy atom. The number of carbonyl (C=O) groups is 2. The lowest BCUT2D eigenvalue weighted by molar-refractivity contribution is -0.126. The van der Waals surface area contributed by atoms with E-state index in [9.17, 15) is 14.0 Å². The standard InChI is InChI=1S/C18H23FN2O2/c19-15-12-20-10-9-13(15)18(23)21-11-5-1-2-7-16(21)14-6-3-4-8-17(14)22/h9-10,12,14,16H,1-8,11H2. The van der Waals surface area contributed by atoms with E-state index < -0.39 is 5.82 Å². The molecule has 1 saturated heterocycles. The lowest BCUT2D eigenvalue weighted by atomic mass is 9.80. The molecule has 1 aliphatic heterocycles. The van der Waals surface area contributed by atoms with E-state index in [-0.39, 0.29) is 29.2 Å². The summed E-state index contributed by atoms with van der Waals surface area (Å²) in [7, 11) is 0. The third-order valence-electron chi connectivity index (χ3n) is 5.13. The van der Waals surface area contributed by atoms with Gasteiger partial charge in [-0.3, -0.25) is 14.6 Å². The van der Waals surface area contributed by atoms with Crippen molar-refractivity contribution in [2.24, 2.45) is 5.92 Å². The van der Waals surface area contributed by atoms with Gasteiger partial charge in [0.2, 0.25) is 0 Å². The van der Waals surface area contributed by atoms with Gasteiger partial charge in [-0.2, -0.15) is 0 Å². The van der Waals surface area contributed by atoms with Crippen molar-refractivity contribution in [1.82, 2.24) is 9.88 Å². The molecule has 0 aromatic carbocycles. The zero-order chi connectivity index (χ0) is 16.2. The molecule has 1 aliphatic carbocycles. The Hall–Kier alpha value is -1.78. The maximum atomic E-state index is 14.0. The zero-order valence-electron chi connectivity index (χ0n) is 13.3. The minimum atomic E-state index is -0.588. The first-order valence-corrected chi connectivity index (χ1v) is 8.61. The van der Waals surface area contributed by atoms with E-state index in [0.29, 0.717) is 13.0 Å². The monoisotopic (exact) mass is 318 g/mol. The Morgan fingerprint density at radius 1 is 1.17 bits per heavy atom. The zero-order valence-corrected chi connectivity index (χ0v) is 13.3. The summed E-state index contributed by atoms with van der Waals surface area (Å²) < 4.78 is 14.0. The van der Waals surface area contributed by atoms with Crippen LogP contribution in [-0.2, 0) is 4.79 Å². The number of amides is 1. The highest BCUT2D eigenvalue weighted by atomic mass is 19.1. The van der Waals surface area contributed by atoms with Gasteiger partial charge in [-0.05, 0) is 31.7 Å². The predicted octanol–water partition coefficient (Wildman–Crippen LogP) is 3.36. The van der Waals surface area contributed by atoms with E-state index in [4.69, 9.17) is 0 Å². The number of ketones is 1. The predicted molar refractivity (Wildman–Crippen MR) is 84.5 cm³/mol. The molecule has 5 heteroatoms. The van der Waals surface area contributed by atoms with Crippen LogP contribution < -0.4 is 0 Å². The van der Waals surface area contributed by atoms with E-state index in [0.717, 1.165) is 51.1 Å². The summed E-state index contributed by atoms with van der Waals surface area (Å²) in [6.07, 6.45) is 9.81. The number of rotatable bonds is 2. The first-order chi connectivity index (χ1) is 11.2. The molecular formula is C18H23FN2O2. The molecule has 3 rings (SSSR count). The Morgan fingerprint density at radius 2 is 2.00 bits per heavy atom. The third kappa shape index (κ3) is 3.43. The molecule has 2 unspecified atom stereocenters. The average Bonchev–Trinajstić information content (AvgIpc) is 2.81. The topological polar surface area (TPSA) is 50.3 Å². The van der Waals surface area contributed by atoms with Gasteiger partial charge in [-0.25, -0.2) is 4.39 Å². The van der Waals surface area contributed by atoms with Gasteiger partial charge in [-0.15, -0.1) is 0 Å². The largest absolute Gasteiger partial charge is 0.335 e. The maximum Gasteiger partial charge on any atom is 0.257 e. The normalized spacial score (nSPS) is 26.0. The first-order valence-electron chi connectivity index (χ1n) is 8.61. The van der Waals surface area contributed by atoms with Gasteiger partial charge in [0.05, 0.1) is 11.8 Å². The maximum absolute atomic E-state index is 14.0. The number of nitrogens with zero attached hydrogens (tertiary/aromatic N) is 2. The van der Waals surface area contributed by atoms with Gasteiger partial charge >= 0.3 is 0 Å². The number of aromatic nitrogens is 1. The summed E-state index contributed by atoms with van der Waals surface area (Å²) in [6, 6.07) is 1.35. The summed E-state index contributed by atoms with van der Waals surface area (Å²) >= 11 is 0. The molecule has 1 saturated carbocycles. The molecule has 1 amide bonds. The van der Waals surface area contributed by atoms with Crippen molar-refractivity contribution in [3.05, 3.63) is 29.8 Å². The van der Waals surface area contributed by atoms with Crippen LogP contribution in [0.4, 0.5) is 4.39 Å². The van der Waals surface area contributed by atoms with Crippen molar-refractivity contribution in [3.8, 4) is 0 Å². The van der Waals surface area contributed by atoms with E-state index in [2.05, 4.69) is 4.98 Å². The van der Waals surface area contributed by atoms with E-state index in [1.54, 1.807) is 4.90 Å². The van der Waals surface area contributed by atoms with Crippen LogP contribution in [0.1, 0.15) is 61.7 Å². The summed E-state index contributed by atoms with van der Waals surface area (Å²) in [6.45, 7) is 0.606. The van der Waals surface area contributed by atoms with Crippen molar-refractivity contribution in [3.63, 3.8) is 0 Å². The molecular weight excluding hydrogens is 295 g/mol. The van der Waals surface area contributed by atoms with Gasteiger partial charge in [0.15, 0.2) is 5.82 Å². The molecule has 2 aliphatic rings. The Kier molecular flexibility index (Phi) is 5.03. The van der Waals surface area contributed by atoms with E-state index in [1.807, 2.05) is 0 Å². The molecule has 0 N–H and O–H groups in total. The van der Waals surface area contributed by atoms with Crippen molar-refractivity contribution >= 4 is 11.7 Å². The molecule has 2 atom stereocenters. The first kappa shape index (κ1) is 16.1. The van der Waals surface area contributed by atoms with Gasteiger partial charge in [0.1, 0.15) is 5.78 Å². The molecule has 2 heterocycles. The van der Waals surface area contributed by atoms with Crippen LogP contribution in [-0.4, -0.2) is 34.2 Å². The van der Waals surface area contributed by atoms with Crippen LogP contribution in [0.3, 0.4) is 0 Å². The molecule has 23 heavy (non-hydrogen) atoms. The molecule has 124 valence electrons. The molecule has 2 fully saturated rings. The highest BCUT2D eigenvalue weighted by Crippen LogP contribution is 2.32. The summed E-state index contributed by atoms with van der Waals surface area (Å²) in [4.78, 5) is 30.7. The van der Waals surface area contributed by atoms with Gasteiger partial charge in [-0.1, -0.05) is 19.3 Å². The van der Waals surface area contributed by atoms with Crippen molar-refractivity contribution in [2.75, 3.05) is 6.54 Å². The van der Waals surface area contributed by atoms with Crippen LogP contribution >= 0.6 is 0 Å². The second-order valence-corrected chi connectivity index (χ2v) is 6.59. The van der Waals surface area contributed by atoms with Gasteiger partial charge in [0, 0.05) is 31.1 Å². The van der Waals surface area contributed by atoms with Crippen LogP contribution in [0.15, 0.2) is 18.5 Å². The van der Waals surface area contributed by atoms with Crippen LogP contribution in [0, 0.1) is 11.7 Å². The fraction of sp³-hybridized carbons (Fsp3) is 0.611. The summed E-state index contributed by atoms with van der Waals surface area (Å²) in [5.74, 6) is -0.683. The van der Waals surface area contributed by atoms with Gasteiger partial charge in [0.25, 0.3) is 5.91 Å². The minimum absolute atomic E-state index is 0.0650. The molecule has 0 spiro atoms. The van der Waals surface area contributed by atoms with Crippen molar-refractivity contribution < 1.29 is 14.0 Å². The van der Waals surface area contributed by atoms with E-state index in [1.165, 1.54) is 12.3 Å². The number of hydrogen-bond donors (Lipinski definition) is 0. The van der Waals surface area contributed by atoms with Crippen LogP contribution in [0.25, 0.3) is 0 Å². The average molecular weight is 318 g/mol. The second-order valence-electron chi connectivity index (χ2n) is 6.59. The molecule has 0 bridgehead atoms. The molecule has 4 nitrogen and oxygen atoms in total. The van der Waals surface area contributed by atoms with Crippen LogP contribution in [0.5, 0.6) is 0 Å². The van der Waals surface area contributed by atoms with Crippen molar-refractivity contribution in [2.45, 2.75) is 57.4 Å². The lowest BCUT2D eigenvalue weighted by Gasteiger charge is -2.37. The van der Waals surface area contributed by atoms with Crippen LogP contribution in [0.2, 0.25) is 0 Å². The number of halogens is 1. The number of hydrogen-bond acceptors (Lipinski definition) is 3. The minimum Gasteiger partial charge on any atom is -0.335 e. The quantitative estimate of drug-likeness (QED) is 0.840. The number of likely N-dealkylation sites (tertiary alicyclic amines) is 1. The Bertz CT molecular complexity index is 590. The molecule has 1 aromatic heterocycles. The fourth-order valence-electron chi connectivity index (χ4n) is 3.92. The number of pyridine rings is 1. The highest BCUT2D eigenvalue weighted by Gasteiger charge is 2.37. The summed E-state index contributed by atoms with van der Waals surface area (Å²) in [5, 5.41) is 0. The molecule has 1 aromatic rings. The number of carbonyl (C=O) groups excluding carboxylic acids is 2. The van der Waals surface area contributed by atoms with Crippen molar-refractivity contribution in [1.29, 1.82) is 0 Å². The second kappa shape index (κ2) is 7.20. The fourth-order valence-corrected chi connectivity index (χ4v) is 3.92. The van der Waals surface area contributed by atoms with E-state index >= 15 is 0 Å². The number of Topliss-reactive ketones (excluding diaryl/α,β-unsaturated/α-hetero) is 1. The smallest absolute Gasteiger partial charge is 0.257 e. The van der Waals surface area contributed by atoms with Gasteiger partial charge < -0.3 is 4.90 Å². The lowest BCUT2D eigenvalue weighted by Crippen LogP contribution is -2.47. The Labute approximate surface area is 136 Å². The third-order valence-corrected chi connectivity index (χ3v) is 5.13.